The highest BCUT2D eigenvalue weighted by Crippen LogP contribution is 2.19. The van der Waals surface area contributed by atoms with Crippen LogP contribution in [0.25, 0.3) is 0 Å². The van der Waals surface area contributed by atoms with Crippen molar-refractivity contribution in [2.24, 2.45) is 0 Å². The van der Waals surface area contributed by atoms with Crippen molar-refractivity contribution in [2.75, 3.05) is 6.61 Å². The molecule has 0 aromatic carbocycles. The summed E-state index contributed by atoms with van der Waals surface area (Å²) in [5.74, 6) is 0. The molecule has 0 aromatic heterocycles. The predicted molar refractivity (Wildman–Crippen MR) is 58.4 cm³/mol. The first-order chi connectivity index (χ1) is 6.83. The Morgan fingerprint density at radius 1 is 1.21 bits per heavy atom. The molecule has 2 unspecified atom stereocenters. The predicted octanol–water partition coefficient (Wildman–Crippen LogP) is 2.89. The van der Waals surface area contributed by atoms with E-state index >= 15 is 0 Å². The molecule has 1 aliphatic rings. The van der Waals surface area contributed by atoms with Gasteiger partial charge in [-0.05, 0) is 19.3 Å². The van der Waals surface area contributed by atoms with E-state index in [0.717, 1.165) is 25.9 Å². The van der Waals surface area contributed by atoms with Crippen LogP contribution in [-0.2, 0) is 4.74 Å². The van der Waals surface area contributed by atoms with Gasteiger partial charge in [-0.25, -0.2) is 0 Å². The van der Waals surface area contributed by atoms with E-state index in [1.165, 1.54) is 32.1 Å². The number of ether oxygens (including phenoxy) is 1. The summed E-state index contributed by atoms with van der Waals surface area (Å²) in [6.07, 6.45) is 9.64. The fourth-order valence-electron chi connectivity index (χ4n) is 2.04. The van der Waals surface area contributed by atoms with Gasteiger partial charge in [-0.2, -0.15) is 0 Å². The Hall–Kier alpha value is -0.0800. The Morgan fingerprint density at radius 3 is 2.71 bits per heavy atom. The van der Waals surface area contributed by atoms with Crippen molar-refractivity contribution in [1.29, 1.82) is 0 Å². The van der Waals surface area contributed by atoms with Crippen molar-refractivity contribution in [1.82, 2.24) is 0 Å². The number of hydrogen-bond donors (Lipinski definition) is 1. The van der Waals surface area contributed by atoms with Gasteiger partial charge < -0.3 is 9.84 Å². The number of hydrogen-bond acceptors (Lipinski definition) is 2. The highest BCUT2D eigenvalue weighted by atomic mass is 16.5. The van der Waals surface area contributed by atoms with Crippen LogP contribution in [0.5, 0.6) is 0 Å². The van der Waals surface area contributed by atoms with Gasteiger partial charge in [0.1, 0.15) is 0 Å². The van der Waals surface area contributed by atoms with E-state index in [1.54, 1.807) is 0 Å². The molecule has 0 radical (unpaired) electrons. The lowest BCUT2D eigenvalue weighted by molar-refractivity contribution is -0.0470. The van der Waals surface area contributed by atoms with E-state index in [2.05, 4.69) is 6.92 Å². The summed E-state index contributed by atoms with van der Waals surface area (Å²) in [5, 5.41) is 9.44. The quantitative estimate of drug-likeness (QED) is 0.668. The number of aliphatic hydroxyl groups is 1. The lowest BCUT2D eigenvalue weighted by atomic mass is 10.0. The third-order valence-corrected chi connectivity index (χ3v) is 2.97. The number of rotatable bonds is 6. The lowest BCUT2D eigenvalue weighted by Gasteiger charge is -2.26. The molecule has 1 saturated heterocycles. The molecule has 84 valence electrons. The van der Waals surface area contributed by atoms with Gasteiger partial charge in [0.05, 0.1) is 12.2 Å². The molecule has 2 heteroatoms. The second-order valence-corrected chi connectivity index (χ2v) is 4.37. The third-order valence-electron chi connectivity index (χ3n) is 2.97. The van der Waals surface area contributed by atoms with Gasteiger partial charge in [0.2, 0.25) is 0 Å². The molecule has 1 aliphatic heterocycles. The molecule has 1 fully saturated rings. The fraction of sp³-hybridized carbons (Fsp3) is 1.00. The Labute approximate surface area is 87.7 Å². The van der Waals surface area contributed by atoms with Gasteiger partial charge in [-0.3, -0.25) is 0 Å². The van der Waals surface area contributed by atoms with E-state index in [-0.39, 0.29) is 6.10 Å². The topological polar surface area (TPSA) is 29.5 Å². The Kier molecular flexibility index (Phi) is 6.20. The minimum Gasteiger partial charge on any atom is -0.393 e. The summed E-state index contributed by atoms with van der Waals surface area (Å²) in [4.78, 5) is 0. The van der Waals surface area contributed by atoms with Gasteiger partial charge in [0, 0.05) is 6.61 Å². The largest absolute Gasteiger partial charge is 0.393 e. The number of unbranched alkanes of at least 4 members (excludes halogenated alkanes) is 4. The minimum absolute atomic E-state index is 0.107. The van der Waals surface area contributed by atoms with Crippen LogP contribution in [0.3, 0.4) is 0 Å². The zero-order chi connectivity index (χ0) is 10.2. The lowest BCUT2D eigenvalue weighted by Crippen LogP contribution is -2.28. The minimum atomic E-state index is -0.107. The molecule has 1 rings (SSSR count). The van der Waals surface area contributed by atoms with E-state index in [1.807, 2.05) is 0 Å². The molecule has 0 aliphatic carbocycles. The average molecular weight is 200 g/mol. The van der Waals surface area contributed by atoms with E-state index in [9.17, 15) is 5.11 Å². The third kappa shape index (κ3) is 4.97. The van der Waals surface area contributed by atoms with Gasteiger partial charge in [0.15, 0.2) is 0 Å². The first-order valence-electron chi connectivity index (χ1n) is 6.12. The molecular formula is C12H24O2. The van der Waals surface area contributed by atoms with Crippen molar-refractivity contribution in [3.8, 4) is 0 Å². The van der Waals surface area contributed by atoms with Crippen molar-refractivity contribution in [3.63, 3.8) is 0 Å². The van der Waals surface area contributed by atoms with E-state index in [4.69, 9.17) is 4.74 Å². The monoisotopic (exact) mass is 200 g/mol. The fourth-order valence-corrected chi connectivity index (χ4v) is 2.04. The van der Waals surface area contributed by atoms with Crippen LogP contribution in [0.15, 0.2) is 0 Å². The first kappa shape index (κ1) is 12.0. The molecule has 14 heavy (non-hydrogen) atoms. The van der Waals surface area contributed by atoms with Gasteiger partial charge in [0.25, 0.3) is 0 Å². The summed E-state index contributed by atoms with van der Waals surface area (Å²) in [7, 11) is 0. The summed E-state index contributed by atoms with van der Waals surface area (Å²) in [6.45, 7) is 2.99. The Morgan fingerprint density at radius 2 is 2.00 bits per heavy atom. The standard InChI is InChI=1S/C12H24O2/c1-2-3-4-5-6-7-12-10-11(13)8-9-14-12/h11-13H,2-10H2,1H3. The summed E-state index contributed by atoms with van der Waals surface area (Å²) in [5.41, 5.74) is 0. The van der Waals surface area contributed by atoms with Gasteiger partial charge in [-0.15, -0.1) is 0 Å². The molecule has 0 bridgehead atoms. The SMILES string of the molecule is CCCCCCCC1CC(O)CCO1. The molecule has 2 nitrogen and oxygen atoms in total. The Bertz CT molecular complexity index is 136. The maximum absolute atomic E-state index is 9.44. The van der Waals surface area contributed by atoms with Crippen molar-refractivity contribution < 1.29 is 9.84 Å². The van der Waals surface area contributed by atoms with Crippen LogP contribution in [0.1, 0.15) is 58.3 Å². The van der Waals surface area contributed by atoms with Crippen LogP contribution < -0.4 is 0 Å². The molecule has 0 saturated carbocycles. The molecule has 0 spiro atoms. The van der Waals surface area contributed by atoms with Gasteiger partial charge in [-0.1, -0.05) is 39.0 Å². The second kappa shape index (κ2) is 7.24. The normalized spacial score (nSPS) is 27.9. The average Bonchev–Trinajstić information content (AvgIpc) is 2.18. The van der Waals surface area contributed by atoms with E-state index < -0.39 is 0 Å². The van der Waals surface area contributed by atoms with Crippen LogP contribution in [0.2, 0.25) is 0 Å². The van der Waals surface area contributed by atoms with Crippen molar-refractivity contribution in [3.05, 3.63) is 0 Å². The Balaban J connectivity index is 1.95. The summed E-state index contributed by atoms with van der Waals surface area (Å²) >= 11 is 0. The zero-order valence-corrected chi connectivity index (χ0v) is 9.37. The maximum Gasteiger partial charge on any atom is 0.0599 e. The van der Waals surface area contributed by atoms with Crippen LogP contribution >= 0.6 is 0 Å². The van der Waals surface area contributed by atoms with Crippen LogP contribution in [0, 0.1) is 0 Å². The highest BCUT2D eigenvalue weighted by Gasteiger charge is 2.19. The molecule has 0 aromatic rings. The maximum atomic E-state index is 9.44. The summed E-state index contributed by atoms with van der Waals surface area (Å²) < 4.78 is 5.59. The zero-order valence-electron chi connectivity index (χ0n) is 9.37. The first-order valence-corrected chi connectivity index (χ1v) is 6.12. The molecule has 0 amide bonds. The van der Waals surface area contributed by atoms with Crippen molar-refractivity contribution in [2.45, 2.75) is 70.5 Å². The highest BCUT2D eigenvalue weighted by molar-refractivity contribution is 4.70. The van der Waals surface area contributed by atoms with Crippen LogP contribution in [-0.4, -0.2) is 23.9 Å². The second-order valence-electron chi connectivity index (χ2n) is 4.37. The van der Waals surface area contributed by atoms with Gasteiger partial charge >= 0.3 is 0 Å². The molecule has 2 atom stereocenters. The molecule has 1 heterocycles. The van der Waals surface area contributed by atoms with Crippen molar-refractivity contribution >= 4 is 0 Å². The smallest absolute Gasteiger partial charge is 0.0599 e. The van der Waals surface area contributed by atoms with E-state index in [0.29, 0.717) is 6.10 Å². The number of aliphatic hydroxyl groups excluding tert-OH is 1. The molecule has 1 N–H and O–H groups in total. The summed E-state index contributed by atoms with van der Waals surface area (Å²) in [6, 6.07) is 0. The van der Waals surface area contributed by atoms with Crippen LogP contribution in [0.4, 0.5) is 0 Å². The molecular weight excluding hydrogens is 176 g/mol.